The normalized spacial score (nSPS) is 20.3. The van der Waals surface area contributed by atoms with Crippen molar-refractivity contribution in [1.29, 1.82) is 0 Å². The molecule has 0 aromatic rings. The van der Waals surface area contributed by atoms with Crippen LogP contribution in [0.4, 0.5) is 0 Å². The van der Waals surface area contributed by atoms with Crippen LogP contribution in [0.25, 0.3) is 0 Å². The Labute approximate surface area is 73.5 Å². The van der Waals surface area contributed by atoms with E-state index in [4.69, 9.17) is 12.2 Å². The second kappa shape index (κ2) is 3.73. The highest BCUT2D eigenvalue weighted by atomic mass is 16.1. The van der Waals surface area contributed by atoms with E-state index in [-0.39, 0.29) is 17.6 Å². The third-order valence-electron chi connectivity index (χ3n) is 2.81. The lowest BCUT2D eigenvalue weighted by Gasteiger charge is -2.24. The van der Waals surface area contributed by atoms with Gasteiger partial charge in [0.15, 0.2) is 5.78 Å². The number of terminal acetylenes is 1. The van der Waals surface area contributed by atoms with Crippen LogP contribution in [-0.4, -0.2) is 12.3 Å². The van der Waals surface area contributed by atoms with E-state index >= 15 is 0 Å². The van der Waals surface area contributed by atoms with Gasteiger partial charge in [-0.05, 0) is 12.8 Å². The molecular weight excluding hydrogens is 150 g/mol. The van der Waals surface area contributed by atoms with Crippen LogP contribution >= 0.6 is 0 Å². The molecule has 0 heterocycles. The van der Waals surface area contributed by atoms with Crippen LogP contribution in [0.3, 0.4) is 0 Å². The molecule has 2 heteroatoms. The largest absolute Gasteiger partial charge is 0.329 e. The van der Waals surface area contributed by atoms with E-state index in [0.717, 1.165) is 25.7 Å². The van der Waals surface area contributed by atoms with Gasteiger partial charge in [0.2, 0.25) is 0 Å². The molecule has 1 fully saturated rings. The lowest BCUT2D eigenvalue weighted by molar-refractivity contribution is -0.127. The van der Waals surface area contributed by atoms with E-state index < -0.39 is 0 Å². The molecular formula is C10H15NO. The maximum atomic E-state index is 11.6. The summed E-state index contributed by atoms with van der Waals surface area (Å²) < 4.78 is 0. The van der Waals surface area contributed by atoms with Gasteiger partial charge < -0.3 is 5.73 Å². The van der Waals surface area contributed by atoms with Gasteiger partial charge in [-0.3, -0.25) is 4.79 Å². The fourth-order valence-corrected chi connectivity index (χ4v) is 1.93. The quantitative estimate of drug-likeness (QED) is 0.636. The molecule has 0 unspecified atom stereocenters. The summed E-state index contributed by atoms with van der Waals surface area (Å²) in [5.74, 6) is 2.57. The molecule has 1 aliphatic carbocycles. The molecule has 12 heavy (non-hydrogen) atoms. The Morgan fingerprint density at radius 3 is 2.50 bits per heavy atom. The van der Waals surface area contributed by atoms with Gasteiger partial charge in [-0.2, -0.15) is 0 Å². The summed E-state index contributed by atoms with van der Waals surface area (Å²) in [5.41, 5.74) is 5.35. The van der Waals surface area contributed by atoms with E-state index in [1.165, 1.54) is 0 Å². The molecule has 0 amide bonds. The number of Topliss-reactive ketones (excluding diaryl/α,β-unsaturated/α-hetero) is 1. The third kappa shape index (κ3) is 1.51. The minimum atomic E-state index is -0.258. The first-order valence-electron chi connectivity index (χ1n) is 4.42. The number of carbonyl (C=O) groups excluding carboxylic acids is 1. The average molecular weight is 165 g/mol. The summed E-state index contributed by atoms with van der Waals surface area (Å²) in [6.45, 7) is 0.466. The minimum Gasteiger partial charge on any atom is -0.329 e. The van der Waals surface area contributed by atoms with Gasteiger partial charge in [-0.15, -0.1) is 6.42 Å². The zero-order valence-corrected chi connectivity index (χ0v) is 7.31. The summed E-state index contributed by atoms with van der Waals surface area (Å²) in [5, 5.41) is 0. The predicted molar refractivity (Wildman–Crippen MR) is 48.4 cm³/mol. The molecule has 0 bridgehead atoms. The molecule has 0 spiro atoms. The monoisotopic (exact) mass is 165 g/mol. The maximum Gasteiger partial charge on any atom is 0.152 e. The highest BCUT2D eigenvalue weighted by Gasteiger charge is 2.38. The molecule has 0 radical (unpaired) electrons. The van der Waals surface area contributed by atoms with E-state index in [1.807, 2.05) is 0 Å². The van der Waals surface area contributed by atoms with Crippen LogP contribution < -0.4 is 5.73 Å². The van der Waals surface area contributed by atoms with Crippen molar-refractivity contribution in [3.05, 3.63) is 0 Å². The molecule has 66 valence electrons. The van der Waals surface area contributed by atoms with Gasteiger partial charge in [0.25, 0.3) is 0 Å². The zero-order chi connectivity index (χ0) is 9.03. The number of nitrogens with two attached hydrogens (primary N) is 1. The third-order valence-corrected chi connectivity index (χ3v) is 2.81. The summed E-state index contributed by atoms with van der Waals surface area (Å²) in [6.07, 6.45) is 9.45. The molecule has 1 aliphatic rings. The van der Waals surface area contributed by atoms with Crippen molar-refractivity contribution < 1.29 is 4.79 Å². The summed E-state index contributed by atoms with van der Waals surface area (Å²) >= 11 is 0. The summed E-state index contributed by atoms with van der Waals surface area (Å²) in [7, 11) is 0. The molecule has 1 saturated carbocycles. The van der Waals surface area contributed by atoms with Crippen molar-refractivity contribution in [2.45, 2.75) is 32.1 Å². The van der Waals surface area contributed by atoms with Crippen molar-refractivity contribution in [2.75, 3.05) is 6.54 Å². The van der Waals surface area contributed by atoms with E-state index in [0.29, 0.717) is 6.54 Å². The topological polar surface area (TPSA) is 43.1 Å². The second-order valence-corrected chi connectivity index (χ2v) is 3.50. The standard InChI is InChI=1S/C10H15NO/c1-2-5-9(12)10(8-11)6-3-4-7-10/h1H,3-8,11H2. The molecule has 0 aromatic carbocycles. The SMILES string of the molecule is C#CCC(=O)C1(CN)CCCC1. The first-order valence-corrected chi connectivity index (χ1v) is 4.42. The Bertz CT molecular complexity index is 208. The van der Waals surface area contributed by atoms with E-state index in [2.05, 4.69) is 5.92 Å². The van der Waals surface area contributed by atoms with Crippen LogP contribution in [-0.2, 0) is 4.79 Å². The van der Waals surface area contributed by atoms with Crippen molar-refractivity contribution in [1.82, 2.24) is 0 Å². The van der Waals surface area contributed by atoms with Gasteiger partial charge in [-0.1, -0.05) is 18.8 Å². The summed E-state index contributed by atoms with van der Waals surface area (Å²) in [4.78, 5) is 11.6. The smallest absolute Gasteiger partial charge is 0.152 e. The molecule has 2 nitrogen and oxygen atoms in total. The van der Waals surface area contributed by atoms with E-state index in [9.17, 15) is 4.79 Å². The zero-order valence-electron chi connectivity index (χ0n) is 7.31. The average Bonchev–Trinajstić information content (AvgIpc) is 2.54. The van der Waals surface area contributed by atoms with Gasteiger partial charge in [0.1, 0.15) is 0 Å². The number of ketones is 1. The second-order valence-electron chi connectivity index (χ2n) is 3.50. The van der Waals surface area contributed by atoms with Crippen LogP contribution in [0.1, 0.15) is 32.1 Å². The Kier molecular flexibility index (Phi) is 2.88. The Hall–Kier alpha value is -0.810. The van der Waals surface area contributed by atoms with Gasteiger partial charge >= 0.3 is 0 Å². The molecule has 1 rings (SSSR count). The number of hydrogen-bond donors (Lipinski definition) is 1. The maximum absolute atomic E-state index is 11.6. The van der Waals surface area contributed by atoms with Crippen LogP contribution in [0.2, 0.25) is 0 Å². The molecule has 0 atom stereocenters. The fourth-order valence-electron chi connectivity index (χ4n) is 1.93. The first-order chi connectivity index (χ1) is 5.75. The first kappa shape index (κ1) is 9.28. The van der Waals surface area contributed by atoms with Crippen molar-refractivity contribution in [3.8, 4) is 12.3 Å². The Balaban J connectivity index is 2.67. The van der Waals surface area contributed by atoms with Crippen LogP contribution in [0.5, 0.6) is 0 Å². The van der Waals surface area contributed by atoms with Crippen molar-refractivity contribution >= 4 is 5.78 Å². The van der Waals surface area contributed by atoms with Gasteiger partial charge in [0.05, 0.1) is 6.42 Å². The van der Waals surface area contributed by atoms with Crippen molar-refractivity contribution in [3.63, 3.8) is 0 Å². The Morgan fingerprint density at radius 2 is 2.08 bits per heavy atom. The van der Waals surface area contributed by atoms with E-state index in [1.54, 1.807) is 0 Å². The number of rotatable bonds is 3. The number of carbonyl (C=O) groups is 1. The van der Waals surface area contributed by atoms with Gasteiger partial charge in [-0.25, -0.2) is 0 Å². The van der Waals surface area contributed by atoms with Crippen LogP contribution in [0.15, 0.2) is 0 Å². The lowest BCUT2D eigenvalue weighted by atomic mass is 9.80. The molecule has 2 N–H and O–H groups in total. The Morgan fingerprint density at radius 1 is 1.50 bits per heavy atom. The predicted octanol–water partition coefficient (Wildman–Crippen LogP) is 1.10. The highest BCUT2D eigenvalue weighted by Crippen LogP contribution is 2.38. The summed E-state index contributed by atoms with van der Waals surface area (Å²) in [6, 6.07) is 0. The van der Waals surface area contributed by atoms with Gasteiger partial charge in [0, 0.05) is 12.0 Å². The minimum absolute atomic E-state index is 0.171. The molecule has 0 aromatic heterocycles. The van der Waals surface area contributed by atoms with Crippen molar-refractivity contribution in [2.24, 2.45) is 11.1 Å². The highest BCUT2D eigenvalue weighted by molar-refractivity contribution is 5.87. The fraction of sp³-hybridized carbons (Fsp3) is 0.700. The van der Waals surface area contributed by atoms with Crippen LogP contribution in [0, 0.1) is 17.8 Å². The lowest BCUT2D eigenvalue weighted by Crippen LogP contribution is -2.35. The number of hydrogen-bond acceptors (Lipinski definition) is 2. The molecule has 0 aliphatic heterocycles. The molecule has 0 saturated heterocycles.